The van der Waals surface area contributed by atoms with Crippen molar-refractivity contribution in [2.24, 2.45) is 0 Å². The van der Waals surface area contributed by atoms with Crippen molar-refractivity contribution in [1.82, 2.24) is 4.90 Å². The van der Waals surface area contributed by atoms with Crippen molar-refractivity contribution < 1.29 is 18.8 Å². The number of hydrogen-bond acceptors (Lipinski definition) is 4. The molecule has 30 heavy (non-hydrogen) atoms. The van der Waals surface area contributed by atoms with E-state index in [1.807, 2.05) is 58.0 Å². The molecule has 1 amide bonds. The average molecular weight is 410 g/mol. The van der Waals surface area contributed by atoms with Crippen LogP contribution in [0, 0.1) is 17.1 Å². The second-order valence-electron chi connectivity index (χ2n) is 9.12. The van der Waals surface area contributed by atoms with E-state index >= 15 is 0 Å². The van der Waals surface area contributed by atoms with Crippen LogP contribution < -0.4 is 5.11 Å². The Morgan fingerprint density at radius 2 is 1.97 bits per heavy atom. The Morgan fingerprint density at radius 1 is 1.27 bits per heavy atom. The van der Waals surface area contributed by atoms with Crippen molar-refractivity contribution >= 4 is 6.09 Å². The number of nitrogens with zero attached hydrogens (tertiary/aromatic N) is 3. The molecular weight excluding hydrogens is 381 g/mol. The Morgan fingerprint density at radius 3 is 2.57 bits per heavy atom. The molecule has 0 saturated carbocycles. The molecule has 2 aromatic carbocycles. The van der Waals surface area contributed by atoms with Gasteiger partial charge in [-0.1, -0.05) is 24.3 Å². The molecule has 2 atom stereocenters. The van der Waals surface area contributed by atoms with Crippen molar-refractivity contribution in [2.75, 3.05) is 19.6 Å². The summed E-state index contributed by atoms with van der Waals surface area (Å²) in [4.78, 5) is 14.3. The molecule has 1 heterocycles. The first-order valence-electron chi connectivity index (χ1n) is 10.2. The van der Waals surface area contributed by atoms with Gasteiger partial charge in [-0.05, 0) is 62.6 Å². The molecule has 6 heteroatoms. The number of carboxylic acid groups (broad SMARTS) is 1. The van der Waals surface area contributed by atoms with Gasteiger partial charge < -0.3 is 9.90 Å². The van der Waals surface area contributed by atoms with Crippen LogP contribution in [0.25, 0.3) is 11.1 Å². The van der Waals surface area contributed by atoms with Crippen LogP contribution >= 0.6 is 0 Å². The maximum Gasteiger partial charge on any atom is 0.258 e. The Hall–Kier alpha value is -2.75. The summed E-state index contributed by atoms with van der Waals surface area (Å²) in [6.45, 7) is 10.4. The van der Waals surface area contributed by atoms with Crippen LogP contribution in [0.3, 0.4) is 0 Å². The lowest BCUT2D eigenvalue weighted by Gasteiger charge is -2.55. The first-order chi connectivity index (χ1) is 14.1. The number of halogens is 1. The van der Waals surface area contributed by atoms with Crippen molar-refractivity contribution in [3.63, 3.8) is 0 Å². The fraction of sp³-hybridized carbons (Fsp3) is 0.417. The number of benzene rings is 2. The molecule has 0 aliphatic carbocycles. The molecule has 3 rings (SSSR count). The maximum atomic E-state index is 13.6. The predicted octanol–water partition coefficient (Wildman–Crippen LogP) is 3.53. The van der Waals surface area contributed by atoms with E-state index in [2.05, 4.69) is 4.90 Å². The first kappa shape index (κ1) is 21.9. The highest BCUT2D eigenvalue weighted by molar-refractivity contribution is 5.66. The normalized spacial score (nSPS) is 22.5. The fourth-order valence-corrected chi connectivity index (χ4v) is 4.71. The lowest BCUT2D eigenvalue weighted by atomic mass is 9.95. The van der Waals surface area contributed by atoms with E-state index in [1.165, 1.54) is 6.07 Å². The molecule has 1 saturated heterocycles. The first-order valence-corrected chi connectivity index (χ1v) is 10.2. The molecule has 1 unspecified atom stereocenters. The molecule has 0 radical (unpaired) electrons. The van der Waals surface area contributed by atoms with Gasteiger partial charge in [-0.3, -0.25) is 9.38 Å². The predicted molar refractivity (Wildman–Crippen MR) is 112 cm³/mol. The Labute approximate surface area is 177 Å². The summed E-state index contributed by atoms with van der Waals surface area (Å²) in [6, 6.07) is 14.3. The largest absolute Gasteiger partial charge is 0.498 e. The van der Waals surface area contributed by atoms with Gasteiger partial charge in [0.1, 0.15) is 17.9 Å². The van der Waals surface area contributed by atoms with Gasteiger partial charge in [0.15, 0.2) is 0 Å². The van der Waals surface area contributed by atoms with E-state index in [4.69, 9.17) is 5.26 Å². The van der Waals surface area contributed by atoms with Crippen molar-refractivity contribution in [2.45, 2.75) is 45.8 Å². The van der Waals surface area contributed by atoms with Gasteiger partial charge in [0.05, 0.1) is 24.2 Å². The fourth-order valence-electron chi connectivity index (χ4n) is 4.71. The van der Waals surface area contributed by atoms with Crippen LogP contribution in [0.2, 0.25) is 0 Å². The molecule has 1 aliphatic rings. The van der Waals surface area contributed by atoms with Crippen molar-refractivity contribution in [3.05, 3.63) is 59.4 Å². The molecule has 0 spiro atoms. The lowest BCUT2D eigenvalue weighted by Crippen LogP contribution is -2.76. The van der Waals surface area contributed by atoms with Gasteiger partial charge in [-0.15, -0.1) is 0 Å². The minimum atomic E-state index is -1.01. The van der Waals surface area contributed by atoms with Crippen LogP contribution in [-0.4, -0.2) is 46.7 Å². The van der Waals surface area contributed by atoms with Crippen LogP contribution in [0.15, 0.2) is 42.5 Å². The number of amides is 1. The third-order valence-electron chi connectivity index (χ3n) is 6.32. The molecular formula is C24H28FN3O2. The minimum absolute atomic E-state index is 0.0290. The number of hydrogen-bond donors (Lipinski definition) is 0. The third kappa shape index (κ3) is 3.96. The SMILES string of the molecule is C[C@H]1CN(Cc2cccc(-c3ccc(F)c(C#N)c3)c2)CC[N+]1(C(=O)[O-])C(C)(C)C. The number of rotatable bonds is 3. The Bertz CT molecular complexity index is 993. The van der Waals surface area contributed by atoms with Gasteiger partial charge in [0, 0.05) is 13.1 Å². The molecule has 2 aromatic rings. The zero-order chi connectivity index (χ0) is 22.1. The van der Waals surface area contributed by atoms with Gasteiger partial charge in [0.2, 0.25) is 0 Å². The van der Waals surface area contributed by atoms with Gasteiger partial charge in [-0.2, -0.15) is 5.26 Å². The highest BCUT2D eigenvalue weighted by Gasteiger charge is 2.49. The Kier molecular flexibility index (Phi) is 5.98. The average Bonchev–Trinajstić information content (AvgIpc) is 2.67. The molecule has 0 bridgehead atoms. The van der Waals surface area contributed by atoms with E-state index < -0.39 is 17.4 Å². The number of nitriles is 1. The minimum Gasteiger partial charge on any atom is -0.498 e. The van der Waals surface area contributed by atoms with Crippen molar-refractivity contribution in [1.29, 1.82) is 5.26 Å². The van der Waals surface area contributed by atoms with Crippen LogP contribution in [-0.2, 0) is 6.54 Å². The molecule has 5 nitrogen and oxygen atoms in total. The van der Waals surface area contributed by atoms with Crippen LogP contribution in [0.5, 0.6) is 0 Å². The number of carbonyl (C=O) groups excluding carboxylic acids is 1. The number of piperazine rings is 1. The van der Waals surface area contributed by atoms with Gasteiger partial charge in [-0.25, -0.2) is 4.39 Å². The summed E-state index contributed by atoms with van der Waals surface area (Å²) in [5.41, 5.74) is 2.39. The standard InChI is InChI=1S/C24H28FN3O2/c1-17-15-27(10-11-28(17,23(29)30)24(2,3)4)16-18-6-5-7-19(12-18)20-8-9-22(25)21(13-20)14-26/h5-9,12-13,17H,10-11,15-16H2,1-4H3/t17-,28?/m0/s1. The summed E-state index contributed by atoms with van der Waals surface area (Å²) in [6.07, 6.45) is -1.01. The summed E-state index contributed by atoms with van der Waals surface area (Å²) in [7, 11) is 0. The quantitative estimate of drug-likeness (QED) is 0.728. The molecule has 0 aromatic heterocycles. The number of quaternary nitrogens is 1. The molecule has 1 aliphatic heterocycles. The summed E-state index contributed by atoms with van der Waals surface area (Å²) < 4.78 is 13.6. The highest BCUT2D eigenvalue weighted by Crippen LogP contribution is 2.32. The van der Waals surface area contributed by atoms with E-state index in [1.54, 1.807) is 12.1 Å². The van der Waals surface area contributed by atoms with E-state index in [0.717, 1.165) is 16.7 Å². The molecule has 1 fully saturated rings. The second kappa shape index (κ2) is 8.17. The van der Waals surface area contributed by atoms with E-state index in [0.29, 0.717) is 26.2 Å². The lowest BCUT2D eigenvalue weighted by molar-refractivity contribution is -0.943. The Balaban J connectivity index is 1.78. The van der Waals surface area contributed by atoms with Crippen LogP contribution in [0.4, 0.5) is 9.18 Å². The third-order valence-corrected chi connectivity index (χ3v) is 6.32. The van der Waals surface area contributed by atoms with E-state index in [-0.39, 0.29) is 16.1 Å². The highest BCUT2D eigenvalue weighted by atomic mass is 19.1. The summed E-state index contributed by atoms with van der Waals surface area (Å²) in [5, 5.41) is 21.1. The monoisotopic (exact) mass is 409 g/mol. The zero-order valence-corrected chi connectivity index (χ0v) is 18.0. The second-order valence-corrected chi connectivity index (χ2v) is 9.12. The zero-order valence-electron chi connectivity index (χ0n) is 18.0. The smallest absolute Gasteiger partial charge is 0.258 e. The van der Waals surface area contributed by atoms with Crippen molar-refractivity contribution in [3.8, 4) is 17.2 Å². The van der Waals surface area contributed by atoms with Gasteiger partial charge in [0.25, 0.3) is 6.09 Å². The molecule has 0 N–H and O–H groups in total. The molecule has 158 valence electrons. The maximum absolute atomic E-state index is 13.6. The topological polar surface area (TPSA) is 67.2 Å². The summed E-state index contributed by atoms with van der Waals surface area (Å²) in [5.74, 6) is -0.520. The van der Waals surface area contributed by atoms with E-state index in [9.17, 15) is 14.3 Å². The number of carbonyl (C=O) groups is 1. The summed E-state index contributed by atoms with van der Waals surface area (Å²) >= 11 is 0. The van der Waals surface area contributed by atoms with Gasteiger partial charge >= 0.3 is 0 Å². The van der Waals surface area contributed by atoms with Crippen LogP contribution in [0.1, 0.15) is 38.8 Å².